The fourth-order valence-corrected chi connectivity index (χ4v) is 6.16. The summed E-state index contributed by atoms with van der Waals surface area (Å²) in [5.41, 5.74) is 1.15. The topological polar surface area (TPSA) is 73.2 Å². The molecule has 0 atom stereocenters. The first-order valence-corrected chi connectivity index (χ1v) is 12.1. The molecule has 0 unspecified atom stereocenters. The van der Waals surface area contributed by atoms with Crippen LogP contribution in [0.1, 0.15) is 32.4 Å². The highest BCUT2D eigenvalue weighted by atomic mass is 32.2. The van der Waals surface area contributed by atoms with Crippen LogP contribution in [-0.2, 0) is 26.3 Å². The summed E-state index contributed by atoms with van der Waals surface area (Å²) in [5, 5.41) is 0.620. The van der Waals surface area contributed by atoms with Crippen LogP contribution in [0.2, 0.25) is 0 Å². The van der Waals surface area contributed by atoms with Gasteiger partial charge < -0.3 is 0 Å². The Hall–Kier alpha value is -2.12. The lowest BCUT2D eigenvalue weighted by Gasteiger charge is -2.12. The molecule has 2 aromatic carbocycles. The minimum Gasteiger partial charge on any atom is -0.238 e. The van der Waals surface area contributed by atoms with Crippen LogP contribution in [0, 0.1) is 0 Å². The first-order valence-electron chi connectivity index (χ1n) is 8.99. The second-order valence-corrected chi connectivity index (χ2v) is 10.4. The van der Waals surface area contributed by atoms with E-state index >= 15 is 0 Å². The first-order chi connectivity index (χ1) is 12.8. The van der Waals surface area contributed by atoms with Crippen molar-refractivity contribution in [3.63, 3.8) is 0 Å². The van der Waals surface area contributed by atoms with Crippen molar-refractivity contribution in [2.75, 3.05) is 5.75 Å². The van der Waals surface area contributed by atoms with E-state index in [9.17, 15) is 16.8 Å². The molecule has 0 radical (unpaired) electrons. The summed E-state index contributed by atoms with van der Waals surface area (Å²) in [6, 6.07) is 14.7. The van der Waals surface area contributed by atoms with Crippen molar-refractivity contribution in [3.05, 3.63) is 60.3 Å². The van der Waals surface area contributed by atoms with Crippen LogP contribution in [0.15, 0.2) is 64.4 Å². The standard InChI is InChI=1S/C20H23NO4S2/c1-3-8-17-14-16-15-19(26(22,23)13-4-2)11-12-20(16)21(17)27(24,25)18-9-6-5-7-10-18/h5-7,9-12,14-15H,3-4,8,13H2,1-2H3. The van der Waals surface area contributed by atoms with Crippen molar-refractivity contribution < 1.29 is 16.8 Å². The zero-order valence-electron chi connectivity index (χ0n) is 15.4. The number of aromatic nitrogens is 1. The number of sulfone groups is 1. The van der Waals surface area contributed by atoms with Gasteiger partial charge in [0.2, 0.25) is 0 Å². The van der Waals surface area contributed by atoms with Gasteiger partial charge in [0.1, 0.15) is 0 Å². The lowest BCUT2D eigenvalue weighted by atomic mass is 10.2. The maximum absolute atomic E-state index is 13.2. The third kappa shape index (κ3) is 3.66. The number of aryl methyl sites for hydroxylation is 1. The predicted molar refractivity (Wildman–Crippen MR) is 107 cm³/mol. The molecule has 0 saturated heterocycles. The fraction of sp³-hybridized carbons (Fsp3) is 0.300. The monoisotopic (exact) mass is 405 g/mol. The quantitative estimate of drug-likeness (QED) is 0.595. The van der Waals surface area contributed by atoms with Gasteiger partial charge in [0.15, 0.2) is 9.84 Å². The van der Waals surface area contributed by atoms with Crippen molar-refractivity contribution >= 4 is 30.8 Å². The average molecular weight is 406 g/mol. The minimum atomic E-state index is -3.77. The Balaban J connectivity index is 2.25. The van der Waals surface area contributed by atoms with Gasteiger partial charge in [-0.25, -0.2) is 20.8 Å². The van der Waals surface area contributed by atoms with Crippen LogP contribution in [0.5, 0.6) is 0 Å². The summed E-state index contributed by atoms with van der Waals surface area (Å²) in [4.78, 5) is 0.441. The molecule has 0 spiro atoms. The van der Waals surface area contributed by atoms with Gasteiger partial charge in [-0.1, -0.05) is 38.5 Å². The van der Waals surface area contributed by atoms with Crippen LogP contribution in [0.4, 0.5) is 0 Å². The summed E-state index contributed by atoms with van der Waals surface area (Å²) in [7, 11) is -7.13. The summed E-state index contributed by atoms with van der Waals surface area (Å²) in [5.74, 6) is 0.0728. The van der Waals surface area contributed by atoms with Crippen LogP contribution < -0.4 is 0 Å². The highest BCUT2D eigenvalue weighted by Crippen LogP contribution is 2.29. The molecular formula is C20H23NO4S2. The SMILES string of the molecule is CCCc1cc2cc(S(=O)(=O)CCC)ccc2n1S(=O)(=O)c1ccccc1. The molecule has 5 nitrogen and oxygen atoms in total. The Morgan fingerprint density at radius 2 is 1.52 bits per heavy atom. The van der Waals surface area contributed by atoms with E-state index in [2.05, 4.69) is 0 Å². The molecular weight excluding hydrogens is 382 g/mol. The molecule has 0 aliphatic carbocycles. The van der Waals surface area contributed by atoms with E-state index in [1.54, 1.807) is 48.5 Å². The number of hydrogen-bond acceptors (Lipinski definition) is 4. The van der Waals surface area contributed by atoms with E-state index < -0.39 is 19.9 Å². The molecule has 144 valence electrons. The molecule has 0 saturated carbocycles. The molecule has 1 heterocycles. The summed E-state index contributed by atoms with van der Waals surface area (Å²) in [6.45, 7) is 3.80. The maximum Gasteiger partial charge on any atom is 0.268 e. The minimum absolute atomic E-state index is 0.0728. The zero-order valence-corrected chi connectivity index (χ0v) is 17.1. The molecule has 0 aliphatic rings. The third-order valence-corrected chi connectivity index (χ3v) is 8.12. The molecule has 0 amide bonds. The fourth-order valence-electron chi connectivity index (χ4n) is 3.22. The normalized spacial score (nSPS) is 12.5. The van der Waals surface area contributed by atoms with Crippen LogP contribution in [0.25, 0.3) is 10.9 Å². The van der Waals surface area contributed by atoms with Gasteiger partial charge in [-0.05, 0) is 49.2 Å². The van der Waals surface area contributed by atoms with Crippen molar-refractivity contribution in [3.8, 4) is 0 Å². The number of hydrogen-bond donors (Lipinski definition) is 0. The lowest BCUT2D eigenvalue weighted by molar-refractivity contribution is 0.586. The lowest BCUT2D eigenvalue weighted by Crippen LogP contribution is -2.15. The van der Waals surface area contributed by atoms with Crippen molar-refractivity contribution in [2.45, 2.75) is 42.9 Å². The van der Waals surface area contributed by atoms with Gasteiger partial charge in [0, 0.05) is 11.1 Å². The van der Waals surface area contributed by atoms with E-state index in [1.807, 2.05) is 13.8 Å². The maximum atomic E-state index is 13.2. The van der Waals surface area contributed by atoms with Crippen molar-refractivity contribution in [1.29, 1.82) is 0 Å². The highest BCUT2D eigenvalue weighted by molar-refractivity contribution is 7.91. The molecule has 3 rings (SSSR count). The Bertz CT molecular complexity index is 1160. The molecule has 1 aromatic heterocycles. The van der Waals surface area contributed by atoms with Crippen molar-refractivity contribution in [1.82, 2.24) is 3.97 Å². The van der Waals surface area contributed by atoms with Gasteiger partial charge in [0.05, 0.1) is 21.1 Å². The van der Waals surface area contributed by atoms with Gasteiger partial charge in [0.25, 0.3) is 10.0 Å². The zero-order chi connectivity index (χ0) is 19.7. The first kappa shape index (κ1) is 19.6. The number of nitrogens with zero attached hydrogens (tertiary/aromatic N) is 1. The average Bonchev–Trinajstić information content (AvgIpc) is 3.00. The second kappa shape index (κ2) is 7.48. The van der Waals surface area contributed by atoms with E-state index in [4.69, 9.17) is 0 Å². The summed E-state index contributed by atoms with van der Waals surface area (Å²) >= 11 is 0. The van der Waals surface area contributed by atoms with Gasteiger partial charge >= 0.3 is 0 Å². The summed E-state index contributed by atoms with van der Waals surface area (Å²) in [6.07, 6.45) is 1.89. The van der Waals surface area contributed by atoms with Crippen LogP contribution >= 0.6 is 0 Å². The number of benzene rings is 2. The predicted octanol–water partition coefficient (Wildman–Crippen LogP) is 4.01. The summed E-state index contributed by atoms with van der Waals surface area (Å²) < 4.78 is 52.6. The smallest absolute Gasteiger partial charge is 0.238 e. The second-order valence-electron chi connectivity index (χ2n) is 6.51. The van der Waals surface area contributed by atoms with E-state index in [-0.39, 0.29) is 15.5 Å². The van der Waals surface area contributed by atoms with Crippen LogP contribution in [-0.4, -0.2) is 26.6 Å². The Labute approximate surface area is 160 Å². The van der Waals surface area contributed by atoms with Gasteiger partial charge in [-0.2, -0.15) is 0 Å². The Kier molecular flexibility index (Phi) is 5.44. The molecule has 0 aliphatic heterocycles. The van der Waals surface area contributed by atoms with Gasteiger partial charge in [-0.15, -0.1) is 0 Å². The number of rotatable bonds is 7. The Morgan fingerprint density at radius 1 is 0.815 bits per heavy atom. The Morgan fingerprint density at radius 3 is 2.15 bits per heavy atom. The van der Waals surface area contributed by atoms with E-state index in [0.29, 0.717) is 29.4 Å². The highest BCUT2D eigenvalue weighted by Gasteiger charge is 2.23. The molecule has 27 heavy (non-hydrogen) atoms. The van der Waals surface area contributed by atoms with E-state index in [1.165, 1.54) is 10.0 Å². The third-order valence-electron chi connectivity index (χ3n) is 4.42. The van der Waals surface area contributed by atoms with E-state index in [0.717, 1.165) is 6.42 Å². The van der Waals surface area contributed by atoms with Crippen LogP contribution in [0.3, 0.4) is 0 Å². The molecule has 0 fully saturated rings. The molecule has 0 bridgehead atoms. The molecule has 7 heteroatoms. The van der Waals surface area contributed by atoms with Gasteiger partial charge in [-0.3, -0.25) is 0 Å². The number of fused-ring (bicyclic) bond motifs is 1. The molecule has 0 N–H and O–H groups in total. The largest absolute Gasteiger partial charge is 0.268 e. The molecule has 3 aromatic rings. The van der Waals surface area contributed by atoms with Crippen molar-refractivity contribution in [2.24, 2.45) is 0 Å².